The van der Waals surface area contributed by atoms with E-state index in [0.29, 0.717) is 24.5 Å². The molecule has 0 spiro atoms. The molecule has 0 bridgehead atoms. The molecule has 1 saturated heterocycles. The summed E-state index contributed by atoms with van der Waals surface area (Å²) in [4.78, 5) is 10.4. The molecule has 136 valence electrons. The van der Waals surface area contributed by atoms with Crippen molar-refractivity contribution in [1.29, 1.82) is 0 Å². The first kappa shape index (κ1) is 18.6. The number of ether oxygens (including phenoxy) is 2. The average Bonchev–Trinajstić information content (AvgIpc) is 3.01. The van der Waals surface area contributed by atoms with Crippen molar-refractivity contribution in [1.82, 2.24) is 9.78 Å². The number of benzene rings is 1. The number of carboxylic acid groups (broad SMARTS) is 1. The number of carboxylic acids is 1. The van der Waals surface area contributed by atoms with Gasteiger partial charge in [0.2, 0.25) is 0 Å². The van der Waals surface area contributed by atoms with Crippen LogP contribution in [0.15, 0.2) is 16.7 Å². The van der Waals surface area contributed by atoms with Gasteiger partial charge in [-0.05, 0) is 59.7 Å². The Hall–Kier alpha value is -1.15. The van der Waals surface area contributed by atoms with Crippen LogP contribution in [0.25, 0.3) is 10.9 Å². The van der Waals surface area contributed by atoms with Gasteiger partial charge in [-0.1, -0.05) is 11.6 Å². The molecule has 1 aromatic carbocycles. The summed E-state index contributed by atoms with van der Waals surface area (Å²) in [5.41, 5.74) is 1.94. The first-order valence-corrected chi connectivity index (χ1v) is 9.50. The molecule has 0 radical (unpaired) electrons. The van der Waals surface area contributed by atoms with Gasteiger partial charge in [-0.25, -0.2) is 9.48 Å². The van der Waals surface area contributed by atoms with E-state index in [-0.39, 0.29) is 12.8 Å². The van der Waals surface area contributed by atoms with E-state index in [1.807, 2.05) is 16.9 Å². The Balaban J connectivity index is 1.76. The molecule has 1 aliphatic rings. The van der Waals surface area contributed by atoms with E-state index in [0.717, 1.165) is 46.8 Å². The lowest BCUT2D eigenvalue weighted by Crippen LogP contribution is -2.19. The molecule has 0 amide bonds. The Morgan fingerprint density at radius 1 is 1.52 bits per heavy atom. The highest BCUT2D eigenvalue weighted by Gasteiger charge is 2.21. The third-order valence-corrected chi connectivity index (χ3v) is 5.50. The van der Waals surface area contributed by atoms with Gasteiger partial charge in [-0.3, -0.25) is 0 Å². The maximum absolute atomic E-state index is 10.4. The van der Waals surface area contributed by atoms with Crippen LogP contribution in [-0.4, -0.2) is 40.7 Å². The maximum atomic E-state index is 10.4. The zero-order chi connectivity index (χ0) is 17.8. The van der Waals surface area contributed by atoms with Crippen LogP contribution in [0.3, 0.4) is 0 Å². The molecular weight excluding hydrogens is 412 g/mol. The molecule has 3 rings (SSSR count). The van der Waals surface area contributed by atoms with Crippen molar-refractivity contribution in [2.75, 3.05) is 19.8 Å². The minimum atomic E-state index is -0.960. The quantitative estimate of drug-likeness (QED) is 0.666. The van der Waals surface area contributed by atoms with Gasteiger partial charge >= 0.3 is 5.97 Å². The first-order chi connectivity index (χ1) is 12.1. The topological polar surface area (TPSA) is 73.6 Å². The summed E-state index contributed by atoms with van der Waals surface area (Å²) < 4.78 is 13.7. The highest BCUT2D eigenvalue weighted by molar-refractivity contribution is 9.10. The Morgan fingerprint density at radius 2 is 2.36 bits per heavy atom. The zero-order valence-corrected chi connectivity index (χ0v) is 16.1. The van der Waals surface area contributed by atoms with Crippen LogP contribution in [0.2, 0.25) is 5.02 Å². The molecule has 1 fully saturated rings. The fraction of sp³-hybridized carbons (Fsp3) is 0.529. The second kappa shape index (κ2) is 8.49. The van der Waals surface area contributed by atoms with Crippen LogP contribution < -0.4 is 0 Å². The predicted molar refractivity (Wildman–Crippen MR) is 98.1 cm³/mol. The van der Waals surface area contributed by atoms with Crippen LogP contribution >= 0.6 is 27.5 Å². The number of carbonyl (C=O) groups is 1. The third-order valence-electron chi connectivity index (χ3n) is 4.26. The molecule has 25 heavy (non-hydrogen) atoms. The van der Waals surface area contributed by atoms with Crippen molar-refractivity contribution in [2.24, 2.45) is 0 Å². The predicted octanol–water partition coefficient (Wildman–Crippen LogP) is 4.19. The Kier molecular flexibility index (Phi) is 6.33. The van der Waals surface area contributed by atoms with Gasteiger partial charge in [-0.2, -0.15) is 5.10 Å². The monoisotopic (exact) mass is 430 g/mol. The normalized spacial score (nSPS) is 17.9. The highest BCUT2D eigenvalue weighted by Crippen LogP contribution is 2.36. The van der Waals surface area contributed by atoms with Crippen molar-refractivity contribution in [2.45, 2.75) is 38.3 Å². The van der Waals surface area contributed by atoms with Crippen molar-refractivity contribution in [3.8, 4) is 0 Å². The zero-order valence-electron chi connectivity index (χ0n) is 13.7. The minimum Gasteiger partial charge on any atom is -0.480 e. The van der Waals surface area contributed by atoms with Gasteiger partial charge in [0, 0.05) is 28.1 Å². The number of rotatable bonds is 7. The number of hydrogen-bond donors (Lipinski definition) is 1. The standard InChI is InChI=1S/C17H20BrClN2O4/c18-17-11(4-3-6-24-10-16(22)23)13(19)8-14-12(17)9-20-21(14)15-5-1-2-7-25-15/h8-9,15H,1-7,10H2,(H,22,23). The number of halogens is 2. The number of aromatic nitrogens is 2. The van der Waals surface area contributed by atoms with E-state index < -0.39 is 5.97 Å². The summed E-state index contributed by atoms with van der Waals surface area (Å²) >= 11 is 10.1. The lowest BCUT2D eigenvalue weighted by Gasteiger charge is -2.23. The third kappa shape index (κ3) is 4.34. The number of fused-ring (bicyclic) bond motifs is 1. The second-order valence-electron chi connectivity index (χ2n) is 6.04. The Bertz CT molecular complexity index is 759. The first-order valence-electron chi connectivity index (χ1n) is 8.33. The molecular formula is C17H20BrClN2O4. The fourth-order valence-electron chi connectivity index (χ4n) is 3.04. The molecule has 0 aliphatic carbocycles. The molecule has 1 aliphatic heterocycles. The number of hydrogen-bond acceptors (Lipinski definition) is 4. The van der Waals surface area contributed by atoms with Crippen LogP contribution in [0.5, 0.6) is 0 Å². The van der Waals surface area contributed by atoms with Gasteiger partial charge in [0.25, 0.3) is 0 Å². The number of aliphatic carboxylic acids is 1. The lowest BCUT2D eigenvalue weighted by atomic mass is 10.1. The van der Waals surface area contributed by atoms with Gasteiger partial charge in [0.1, 0.15) is 6.61 Å². The maximum Gasteiger partial charge on any atom is 0.329 e. The van der Waals surface area contributed by atoms with E-state index in [2.05, 4.69) is 21.0 Å². The van der Waals surface area contributed by atoms with Gasteiger partial charge in [0.05, 0.1) is 11.7 Å². The lowest BCUT2D eigenvalue weighted by molar-refractivity contribution is -0.142. The summed E-state index contributed by atoms with van der Waals surface area (Å²) in [5.74, 6) is -0.960. The summed E-state index contributed by atoms with van der Waals surface area (Å²) in [6.45, 7) is 0.861. The van der Waals surface area contributed by atoms with Crippen molar-refractivity contribution in [3.05, 3.63) is 27.3 Å². The van der Waals surface area contributed by atoms with Crippen molar-refractivity contribution in [3.63, 3.8) is 0 Å². The van der Waals surface area contributed by atoms with Gasteiger partial charge < -0.3 is 14.6 Å². The van der Waals surface area contributed by atoms with Crippen LogP contribution in [0, 0.1) is 0 Å². The van der Waals surface area contributed by atoms with Crippen LogP contribution in [0.1, 0.15) is 37.5 Å². The van der Waals surface area contributed by atoms with E-state index in [4.69, 9.17) is 26.2 Å². The molecule has 6 nitrogen and oxygen atoms in total. The van der Waals surface area contributed by atoms with E-state index in [1.54, 1.807) is 0 Å². The largest absolute Gasteiger partial charge is 0.480 e. The van der Waals surface area contributed by atoms with E-state index in [9.17, 15) is 4.79 Å². The summed E-state index contributed by atoms with van der Waals surface area (Å²) in [6.07, 6.45) is 6.36. The van der Waals surface area contributed by atoms with Gasteiger partial charge in [-0.15, -0.1) is 0 Å². The second-order valence-corrected chi connectivity index (χ2v) is 7.24. The molecule has 1 atom stereocenters. The molecule has 2 aromatic rings. The minimum absolute atomic E-state index is 0.0375. The van der Waals surface area contributed by atoms with Crippen molar-refractivity contribution >= 4 is 44.4 Å². The summed E-state index contributed by atoms with van der Waals surface area (Å²) in [5, 5.41) is 14.7. The molecule has 1 N–H and O–H groups in total. The molecule has 0 saturated carbocycles. The van der Waals surface area contributed by atoms with Gasteiger partial charge in [0.15, 0.2) is 6.23 Å². The molecule has 1 aromatic heterocycles. The van der Waals surface area contributed by atoms with Crippen LogP contribution in [-0.2, 0) is 20.7 Å². The highest BCUT2D eigenvalue weighted by atomic mass is 79.9. The fourth-order valence-corrected chi connectivity index (χ4v) is 4.17. The molecule has 8 heteroatoms. The van der Waals surface area contributed by atoms with E-state index >= 15 is 0 Å². The van der Waals surface area contributed by atoms with E-state index in [1.165, 1.54) is 0 Å². The summed E-state index contributed by atoms with van der Waals surface area (Å²) in [7, 11) is 0. The average molecular weight is 432 g/mol. The molecule has 1 unspecified atom stereocenters. The van der Waals surface area contributed by atoms with Crippen molar-refractivity contribution < 1.29 is 19.4 Å². The SMILES string of the molecule is O=C(O)COCCCc1c(Cl)cc2c(cnn2C2CCCCO2)c1Br. The smallest absolute Gasteiger partial charge is 0.329 e. The Morgan fingerprint density at radius 3 is 3.08 bits per heavy atom. The Labute approximate surface area is 159 Å². The van der Waals surface area contributed by atoms with Crippen LogP contribution in [0.4, 0.5) is 0 Å². The summed E-state index contributed by atoms with van der Waals surface area (Å²) in [6, 6.07) is 1.93. The molecule has 2 heterocycles. The number of nitrogens with zero attached hydrogens (tertiary/aromatic N) is 2.